The standard InChI is InChI=1S/C28H23Cl2F2N3O4S/c29-21-5-2-1-4-18(21)17-8-9-19(22(30)14-17)26(36)34-25(15-20-23(31)6-3-7-24(20)32)27(37)35-28(16-33)10-12-40(38,39)13-11-28/h1-9,14,25H,10-13,15H2,(H,34,36)(H,35,37)/t25-/m0/s1. The smallest absolute Gasteiger partial charge is 0.253 e. The Bertz CT molecular complexity index is 1590. The van der Waals surface area contributed by atoms with E-state index in [0.717, 1.165) is 18.2 Å². The summed E-state index contributed by atoms with van der Waals surface area (Å²) in [6, 6.07) is 15.2. The number of sulfone groups is 1. The lowest BCUT2D eigenvalue weighted by molar-refractivity contribution is -0.124. The number of hydrogen-bond acceptors (Lipinski definition) is 5. The number of nitrogens with one attached hydrogen (secondary N) is 2. The largest absolute Gasteiger partial charge is 0.340 e. The molecular formula is C28H23Cl2F2N3O4S. The Kier molecular flexibility index (Phi) is 8.78. The first-order valence-corrected chi connectivity index (χ1v) is 14.7. The third kappa shape index (κ3) is 6.61. The molecule has 1 heterocycles. The molecule has 0 unspecified atom stereocenters. The predicted octanol–water partition coefficient (Wildman–Crippen LogP) is 4.87. The van der Waals surface area contributed by atoms with Gasteiger partial charge in [0.2, 0.25) is 5.91 Å². The maximum absolute atomic E-state index is 14.5. The van der Waals surface area contributed by atoms with Gasteiger partial charge in [0.1, 0.15) is 23.2 Å². The van der Waals surface area contributed by atoms with Crippen LogP contribution in [0, 0.1) is 23.0 Å². The van der Waals surface area contributed by atoms with Crippen LogP contribution in [-0.4, -0.2) is 43.3 Å². The van der Waals surface area contributed by atoms with E-state index in [-0.39, 0.29) is 34.9 Å². The fourth-order valence-electron chi connectivity index (χ4n) is 4.41. The highest BCUT2D eigenvalue weighted by Crippen LogP contribution is 2.31. The van der Waals surface area contributed by atoms with Crippen LogP contribution in [0.1, 0.15) is 28.8 Å². The molecule has 40 heavy (non-hydrogen) atoms. The van der Waals surface area contributed by atoms with E-state index in [0.29, 0.717) is 16.1 Å². The second-order valence-corrected chi connectivity index (χ2v) is 12.6. The van der Waals surface area contributed by atoms with E-state index in [1.807, 2.05) is 6.07 Å². The van der Waals surface area contributed by atoms with Crippen LogP contribution in [0.4, 0.5) is 8.78 Å². The maximum Gasteiger partial charge on any atom is 0.253 e. The van der Waals surface area contributed by atoms with Gasteiger partial charge in [-0.25, -0.2) is 17.2 Å². The zero-order valence-electron chi connectivity index (χ0n) is 20.9. The van der Waals surface area contributed by atoms with Crippen molar-refractivity contribution in [2.24, 2.45) is 0 Å². The highest BCUT2D eigenvalue weighted by molar-refractivity contribution is 7.91. The Morgan fingerprint density at radius 2 is 1.62 bits per heavy atom. The van der Waals surface area contributed by atoms with E-state index in [2.05, 4.69) is 10.6 Å². The van der Waals surface area contributed by atoms with Crippen LogP contribution in [0.15, 0.2) is 60.7 Å². The molecule has 1 aliphatic rings. The number of carbonyl (C=O) groups is 2. The average Bonchev–Trinajstić information content (AvgIpc) is 2.91. The molecule has 0 saturated carbocycles. The summed E-state index contributed by atoms with van der Waals surface area (Å²) in [5, 5.41) is 15.3. The van der Waals surface area contributed by atoms with Crippen molar-refractivity contribution in [2.75, 3.05) is 11.5 Å². The van der Waals surface area contributed by atoms with Gasteiger partial charge in [-0.3, -0.25) is 9.59 Å². The Labute approximate surface area is 240 Å². The highest BCUT2D eigenvalue weighted by Gasteiger charge is 2.40. The Morgan fingerprint density at radius 3 is 2.23 bits per heavy atom. The fourth-order valence-corrected chi connectivity index (χ4v) is 6.45. The van der Waals surface area contributed by atoms with E-state index < -0.39 is 56.9 Å². The molecule has 0 aliphatic carbocycles. The quantitative estimate of drug-likeness (QED) is 0.399. The lowest BCUT2D eigenvalue weighted by Gasteiger charge is -2.33. The predicted molar refractivity (Wildman–Crippen MR) is 148 cm³/mol. The molecule has 4 rings (SSSR count). The average molecular weight is 606 g/mol. The van der Waals surface area contributed by atoms with Gasteiger partial charge < -0.3 is 10.6 Å². The van der Waals surface area contributed by atoms with Crippen LogP contribution >= 0.6 is 23.2 Å². The molecule has 0 spiro atoms. The molecule has 1 fully saturated rings. The molecule has 1 atom stereocenters. The summed E-state index contributed by atoms with van der Waals surface area (Å²) < 4.78 is 52.7. The zero-order valence-corrected chi connectivity index (χ0v) is 23.2. The Morgan fingerprint density at radius 1 is 0.975 bits per heavy atom. The number of carbonyl (C=O) groups excluding carboxylic acids is 2. The van der Waals surface area contributed by atoms with Crippen LogP contribution in [0.2, 0.25) is 10.0 Å². The second-order valence-electron chi connectivity index (χ2n) is 9.44. The molecular weight excluding hydrogens is 583 g/mol. The molecule has 12 heteroatoms. The molecule has 0 bridgehead atoms. The summed E-state index contributed by atoms with van der Waals surface area (Å²) in [6.07, 6.45) is -0.908. The Hall–Kier alpha value is -3.52. The van der Waals surface area contributed by atoms with Gasteiger partial charge >= 0.3 is 0 Å². The van der Waals surface area contributed by atoms with Gasteiger partial charge in [0, 0.05) is 22.6 Å². The summed E-state index contributed by atoms with van der Waals surface area (Å²) in [5.41, 5.74) is -0.656. The summed E-state index contributed by atoms with van der Waals surface area (Å²) in [6.45, 7) is 0. The van der Waals surface area contributed by atoms with Crippen LogP contribution in [-0.2, 0) is 21.1 Å². The van der Waals surface area contributed by atoms with Crippen LogP contribution < -0.4 is 10.6 Å². The molecule has 1 aliphatic heterocycles. The Balaban J connectivity index is 1.62. The monoisotopic (exact) mass is 605 g/mol. The minimum Gasteiger partial charge on any atom is -0.340 e. The van der Waals surface area contributed by atoms with Crippen LogP contribution in [0.25, 0.3) is 11.1 Å². The molecule has 3 aromatic carbocycles. The molecule has 2 amide bonds. The van der Waals surface area contributed by atoms with Crippen LogP contribution in [0.3, 0.4) is 0 Å². The molecule has 3 aromatic rings. The molecule has 1 saturated heterocycles. The number of nitrogens with zero attached hydrogens (tertiary/aromatic N) is 1. The minimum atomic E-state index is -3.36. The molecule has 2 N–H and O–H groups in total. The van der Waals surface area contributed by atoms with Gasteiger partial charge in [0.05, 0.1) is 28.2 Å². The van der Waals surface area contributed by atoms with E-state index in [1.165, 1.54) is 12.1 Å². The summed E-state index contributed by atoms with van der Waals surface area (Å²) >= 11 is 12.7. The number of halogens is 4. The summed E-state index contributed by atoms with van der Waals surface area (Å²) in [4.78, 5) is 26.6. The van der Waals surface area contributed by atoms with Crippen molar-refractivity contribution in [3.05, 3.63) is 93.5 Å². The minimum absolute atomic E-state index is 0.0111. The normalized spacial score (nSPS) is 16.4. The van der Waals surface area contributed by atoms with E-state index in [9.17, 15) is 32.0 Å². The van der Waals surface area contributed by atoms with Gasteiger partial charge in [-0.2, -0.15) is 5.26 Å². The van der Waals surface area contributed by atoms with Gasteiger partial charge in [0.15, 0.2) is 9.84 Å². The van der Waals surface area contributed by atoms with Crippen molar-refractivity contribution in [3.63, 3.8) is 0 Å². The van der Waals surface area contributed by atoms with Crippen molar-refractivity contribution >= 4 is 44.9 Å². The third-order valence-corrected chi connectivity index (χ3v) is 9.04. The first-order chi connectivity index (χ1) is 18.9. The summed E-state index contributed by atoms with van der Waals surface area (Å²) in [5.74, 6) is -4.17. The molecule has 208 valence electrons. The number of rotatable bonds is 7. The molecule has 0 radical (unpaired) electrons. The number of amides is 2. The van der Waals surface area contributed by atoms with Gasteiger partial charge in [-0.1, -0.05) is 53.5 Å². The lowest BCUT2D eigenvalue weighted by Crippen LogP contribution is -2.58. The molecule has 7 nitrogen and oxygen atoms in total. The number of nitriles is 1. The lowest BCUT2D eigenvalue weighted by atomic mass is 9.93. The van der Waals surface area contributed by atoms with Crippen molar-refractivity contribution in [1.29, 1.82) is 5.26 Å². The van der Waals surface area contributed by atoms with Gasteiger partial charge in [0.25, 0.3) is 5.91 Å². The third-order valence-electron chi connectivity index (χ3n) is 6.75. The topological polar surface area (TPSA) is 116 Å². The van der Waals surface area contributed by atoms with Crippen LogP contribution in [0.5, 0.6) is 0 Å². The first-order valence-electron chi connectivity index (χ1n) is 12.2. The highest BCUT2D eigenvalue weighted by atomic mass is 35.5. The van der Waals surface area contributed by atoms with Crippen molar-refractivity contribution in [2.45, 2.75) is 30.8 Å². The van der Waals surface area contributed by atoms with Crippen molar-refractivity contribution in [1.82, 2.24) is 10.6 Å². The number of benzene rings is 3. The van der Waals surface area contributed by atoms with Gasteiger partial charge in [-0.15, -0.1) is 0 Å². The van der Waals surface area contributed by atoms with E-state index in [4.69, 9.17) is 23.2 Å². The zero-order chi connectivity index (χ0) is 29.1. The number of hydrogen-bond donors (Lipinski definition) is 2. The van der Waals surface area contributed by atoms with Crippen molar-refractivity contribution < 1.29 is 26.8 Å². The SMILES string of the molecule is N#CC1(NC(=O)[C@H](Cc2c(F)cccc2F)NC(=O)c2ccc(-c3ccccc3Cl)cc2Cl)CCS(=O)(=O)CC1. The second kappa shape index (κ2) is 11.9. The van der Waals surface area contributed by atoms with Crippen molar-refractivity contribution in [3.8, 4) is 17.2 Å². The maximum atomic E-state index is 14.5. The van der Waals surface area contributed by atoms with E-state index >= 15 is 0 Å². The molecule has 0 aromatic heterocycles. The van der Waals surface area contributed by atoms with E-state index in [1.54, 1.807) is 30.3 Å². The fraction of sp³-hybridized carbons (Fsp3) is 0.250. The van der Waals surface area contributed by atoms with Gasteiger partial charge in [-0.05, 0) is 48.7 Å². The first kappa shape index (κ1) is 29.5. The summed E-state index contributed by atoms with van der Waals surface area (Å²) in [7, 11) is -3.36.